The van der Waals surface area contributed by atoms with Crippen LogP contribution in [-0.4, -0.2) is 30.7 Å². The van der Waals surface area contributed by atoms with Gasteiger partial charge in [-0.2, -0.15) is 0 Å². The van der Waals surface area contributed by atoms with E-state index in [1.54, 1.807) is 6.07 Å². The van der Waals surface area contributed by atoms with Crippen molar-refractivity contribution in [1.82, 2.24) is 20.4 Å². The van der Waals surface area contributed by atoms with E-state index in [0.29, 0.717) is 10.6 Å². The number of nitro groups is 2. The standard InChI is InChI=1S/C18H12N8O5S/c27-17(10-5-1-3-7-12(10)25(28)29)24-23-16-14(26(30)31)15(19-9-20-16)22-18-21-11-6-2-4-8-13(11)32-18/h1-9H,(H,24,27)(H2,19,20,21,22,23). The van der Waals surface area contributed by atoms with Crippen molar-refractivity contribution < 1.29 is 14.6 Å². The fourth-order valence-electron chi connectivity index (χ4n) is 2.77. The quantitative estimate of drug-likeness (QED) is 0.278. The fraction of sp³-hybridized carbons (Fsp3) is 0. The van der Waals surface area contributed by atoms with Crippen molar-refractivity contribution in [3.8, 4) is 0 Å². The van der Waals surface area contributed by atoms with Crippen molar-refractivity contribution >= 4 is 55.6 Å². The molecule has 0 aliphatic rings. The number of carbonyl (C=O) groups is 1. The maximum atomic E-state index is 12.4. The van der Waals surface area contributed by atoms with E-state index in [4.69, 9.17) is 0 Å². The highest BCUT2D eigenvalue weighted by molar-refractivity contribution is 7.22. The number of rotatable bonds is 7. The van der Waals surface area contributed by atoms with Gasteiger partial charge < -0.3 is 5.32 Å². The van der Waals surface area contributed by atoms with E-state index in [0.717, 1.165) is 11.0 Å². The molecule has 0 saturated heterocycles. The Balaban J connectivity index is 1.59. The summed E-state index contributed by atoms with van der Waals surface area (Å²) in [7, 11) is 0. The Bertz CT molecular complexity index is 1330. The molecule has 0 aliphatic heterocycles. The molecule has 160 valence electrons. The van der Waals surface area contributed by atoms with E-state index < -0.39 is 27.1 Å². The number of hydrogen-bond donors (Lipinski definition) is 3. The molecule has 0 aliphatic carbocycles. The molecule has 3 N–H and O–H groups in total. The zero-order valence-electron chi connectivity index (χ0n) is 15.9. The summed E-state index contributed by atoms with van der Waals surface area (Å²) in [4.78, 5) is 45.8. The number of fused-ring (bicyclic) bond motifs is 1. The monoisotopic (exact) mass is 452 g/mol. The Morgan fingerprint density at radius 1 is 0.938 bits per heavy atom. The summed E-state index contributed by atoms with van der Waals surface area (Å²) >= 11 is 1.28. The zero-order chi connectivity index (χ0) is 22.7. The minimum atomic E-state index is -0.870. The average Bonchev–Trinajstić information content (AvgIpc) is 3.19. The summed E-state index contributed by atoms with van der Waals surface area (Å²) in [5.41, 5.74) is 4.06. The smallest absolute Gasteiger partial charge is 0.310 e. The first-order valence-corrected chi connectivity index (χ1v) is 9.67. The van der Waals surface area contributed by atoms with Crippen molar-refractivity contribution in [2.45, 2.75) is 0 Å². The van der Waals surface area contributed by atoms with Gasteiger partial charge in [-0.1, -0.05) is 35.6 Å². The zero-order valence-corrected chi connectivity index (χ0v) is 16.7. The van der Waals surface area contributed by atoms with Crippen LogP contribution in [0.15, 0.2) is 54.9 Å². The summed E-state index contributed by atoms with van der Waals surface area (Å²) in [5.74, 6) is -1.34. The normalized spacial score (nSPS) is 10.5. The largest absolute Gasteiger partial charge is 0.355 e. The van der Waals surface area contributed by atoms with Crippen LogP contribution in [0.4, 0.5) is 28.1 Å². The van der Waals surface area contributed by atoms with Crippen LogP contribution in [0.1, 0.15) is 10.4 Å². The molecule has 14 heteroatoms. The van der Waals surface area contributed by atoms with Crippen LogP contribution in [0.5, 0.6) is 0 Å². The highest BCUT2D eigenvalue weighted by atomic mass is 32.1. The fourth-order valence-corrected chi connectivity index (χ4v) is 3.63. The van der Waals surface area contributed by atoms with E-state index in [1.165, 1.54) is 35.6 Å². The number of amides is 1. The number of nitrogens with one attached hydrogen (secondary N) is 3. The number of hydrogen-bond acceptors (Lipinski definition) is 11. The molecular weight excluding hydrogens is 440 g/mol. The highest BCUT2D eigenvalue weighted by Gasteiger charge is 2.25. The van der Waals surface area contributed by atoms with Crippen LogP contribution >= 0.6 is 11.3 Å². The van der Waals surface area contributed by atoms with Crippen LogP contribution < -0.4 is 16.2 Å². The van der Waals surface area contributed by atoms with Gasteiger partial charge in [0.15, 0.2) is 5.13 Å². The molecule has 1 amide bonds. The lowest BCUT2D eigenvalue weighted by atomic mass is 10.2. The minimum Gasteiger partial charge on any atom is -0.310 e. The molecule has 0 atom stereocenters. The molecule has 2 heterocycles. The Hall–Kier alpha value is -4.72. The average molecular weight is 452 g/mol. The number of anilines is 3. The van der Waals surface area contributed by atoms with Crippen molar-refractivity contribution in [2.24, 2.45) is 0 Å². The molecule has 4 aromatic rings. The molecule has 0 fully saturated rings. The van der Waals surface area contributed by atoms with Crippen molar-refractivity contribution in [2.75, 3.05) is 10.7 Å². The third-order valence-corrected chi connectivity index (χ3v) is 5.12. The molecule has 0 unspecified atom stereocenters. The maximum absolute atomic E-state index is 12.4. The summed E-state index contributed by atoms with van der Waals surface area (Å²) in [6.07, 6.45) is 1.06. The van der Waals surface area contributed by atoms with Gasteiger partial charge in [-0.25, -0.2) is 15.0 Å². The Morgan fingerprint density at radius 3 is 2.41 bits per heavy atom. The van der Waals surface area contributed by atoms with Crippen LogP contribution in [0.2, 0.25) is 0 Å². The van der Waals surface area contributed by atoms with Crippen LogP contribution in [-0.2, 0) is 0 Å². The van der Waals surface area contributed by atoms with Gasteiger partial charge in [0.25, 0.3) is 11.6 Å². The van der Waals surface area contributed by atoms with E-state index in [-0.39, 0.29) is 17.2 Å². The molecule has 2 aromatic heterocycles. The third kappa shape index (κ3) is 4.10. The lowest BCUT2D eigenvalue weighted by Crippen LogP contribution is -2.30. The van der Waals surface area contributed by atoms with Gasteiger partial charge in [0.05, 0.1) is 20.1 Å². The topological polar surface area (TPSA) is 178 Å². The first kappa shape index (κ1) is 20.5. The number of carbonyl (C=O) groups excluding carboxylic acids is 1. The van der Waals surface area contributed by atoms with Gasteiger partial charge in [0.1, 0.15) is 11.9 Å². The summed E-state index contributed by atoms with van der Waals surface area (Å²) in [6, 6.07) is 12.6. The Morgan fingerprint density at radius 2 is 1.66 bits per heavy atom. The van der Waals surface area contributed by atoms with Gasteiger partial charge in [0, 0.05) is 6.07 Å². The predicted molar refractivity (Wildman–Crippen MR) is 116 cm³/mol. The molecular formula is C18H12N8O5S. The number of aromatic nitrogens is 3. The predicted octanol–water partition coefficient (Wildman–Crippen LogP) is 3.40. The Kier molecular flexibility index (Phi) is 5.50. The number of thiazole rings is 1. The van der Waals surface area contributed by atoms with Crippen LogP contribution in [0, 0.1) is 20.2 Å². The lowest BCUT2D eigenvalue weighted by Gasteiger charge is -2.10. The lowest BCUT2D eigenvalue weighted by molar-refractivity contribution is -0.385. The number of nitro benzene ring substituents is 1. The van der Waals surface area contributed by atoms with Crippen LogP contribution in [0.25, 0.3) is 10.2 Å². The summed E-state index contributed by atoms with van der Waals surface area (Å²) < 4.78 is 0.877. The molecule has 0 spiro atoms. The van der Waals surface area contributed by atoms with E-state index in [2.05, 4.69) is 31.1 Å². The van der Waals surface area contributed by atoms with Crippen molar-refractivity contribution in [3.63, 3.8) is 0 Å². The number of hydrazine groups is 1. The van der Waals surface area contributed by atoms with Gasteiger partial charge in [-0.05, 0) is 18.2 Å². The van der Waals surface area contributed by atoms with Gasteiger partial charge in [-0.15, -0.1) is 0 Å². The summed E-state index contributed by atoms with van der Waals surface area (Å²) in [6.45, 7) is 0. The van der Waals surface area contributed by atoms with Crippen LogP contribution in [0.3, 0.4) is 0 Å². The first-order valence-electron chi connectivity index (χ1n) is 8.86. The Labute approximate surface area is 182 Å². The third-order valence-electron chi connectivity index (χ3n) is 4.16. The molecule has 13 nitrogen and oxygen atoms in total. The van der Waals surface area contributed by atoms with Gasteiger partial charge >= 0.3 is 5.69 Å². The highest BCUT2D eigenvalue weighted by Crippen LogP contribution is 2.33. The molecule has 0 radical (unpaired) electrons. The number of benzene rings is 2. The molecule has 32 heavy (non-hydrogen) atoms. The first-order chi connectivity index (χ1) is 15.4. The molecule has 0 bridgehead atoms. The SMILES string of the molecule is O=C(NNc1ncnc(Nc2nc3ccccc3s2)c1[N+](=O)[O-])c1ccccc1[N+](=O)[O-]. The summed E-state index contributed by atoms with van der Waals surface area (Å²) in [5, 5.41) is 26.0. The molecule has 0 saturated carbocycles. The second-order valence-electron chi connectivity index (χ2n) is 6.14. The van der Waals surface area contributed by atoms with Gasteiger partial charge in [0.2, 0.25) is 11.6 Å². The maximum Gasteiger partial charge on any atom is 0.355 e. The van der Waals surface area contributed by atoms with E-state index >= 15 is 0 Å². The van der Waals surface area contributed by atoms with E-state index in [1.807, 2.05) is 18.2 Å². The van der Waals surface area contributed by atoms with Crippen molar-refractivity contribution in [3.05, 3.63) is 80.7 Å². The van der Waals surface area contributed by atoms with E-state index in [9.17, 15) is 25.0 Å². The number of nitrogens with zero attached hydrogens (tertiary/aromatic N) is 5. The minimum absolute atomic E-state index is 0.147. The molecule has 4 rings (SSSR count). The second kappa shape index (κ2) is 8.57. The molecule has 2 aromatic carbocycles. The second-order valence-corrected chi connectivity index (χ2v) is 7.17. The van der Waals surface area contributed by atoms with Crippen molar-refractivity contribution in [1.29, 1.82) is 0 Å². The van der Waals surface area contributed by atoms with Gasteiger partial charge in [-0.3, -0.25) is 35.9 Å². The number of para-hydroxylation sites is 2.